The van der Waals surface area contributed by atoms with Gasteiger partial charge in [-0.05, 0) is 46.5 Å². The van der Waals surface area contributed by atoms with Crippen molar-refractivity contribution in [2.75, 3.05) is 6.61 Å². The van der Waals surface area contributed by atoms with Crippen molar-refractivity contribution in [2.24, 2.45) is 0 Å². The number of allylic oxidation sites excluding steroid dienone is 2. The van der Waals surface area contributed by atoms with Crippen molar-refractivity contribution in [2.45, 2.75) is 57.3 Å². The second-order valence-corrected chi connectivity index (χ2v) is 13.6. The summed E-state index contributed by atoms with van der Waals surface area (Å²) in [5, 5.41) is 12.6. The Balaban J connectivity index is 1.69. The highest BCUT2D eigenvalue weighted by molar-refractivity contribution is 6.99. The third-order valence-electron chi connectivity index (χ3n) is 5.92. The predicted molar refractivity (Wildman–Crippen MR) is 136 cm³/mol. The van der Waals surface area contributed by atoms with Crippen LogP contribution in [0.3, 0.4) is 0 Å². The van der Waals surface area contributed by atoms with Crippen molar-refractivity contribution in [3.8, 4) is 0 Å². The van der Waals surface area contributed by atoms with Crippen LogP contribution in [0.1, 0.15) is 40.0 Å². The van der Waals surface area contributed by atoms with Gasteiger partial charge in [-0.1, -0.05) is 94.1 Å². The third-order valence-corrected chi connectivity index (χ3v) is 11.0. The molecule has 3 rings (SSSR count). The largest absolute Gasteiger partial charge is 0.487 e. The van der Waals surface area contributed by atoms with E-state index >= 15 is 0 Å². The Bertz CT molecular complexity index is 873. The fourth-order valence-corrected chi connectivity index (χ4v) is 9.03. The van der Waals surface area contributed by atoms with Crippen LogP contribution in [0.2, 0.25) is 5.04 Å². The fraction of sp³-hybridized carbons (Fsp3) is 0.357. The van der Waals surface area contributed by atoms with Crippen molar-refractivity contribution in [1.29, 1.82) is 0 Å². The number of rotatable bonds is 9. The van der Waals surface area contributed by atoms with E-state index in [4.69, 9.17) is 9.16 Å². The molecule has 4 heteroatoms. The van der Waals surface area contributed by atoms with Gasteiger partial charge in [0.2, 0.25) is 0 Å². The van der Waals surface area contributed by atoms with Crippen LogP contribution in [-0.2, 0) is 9.16 Å². The van der Waals surface area contributed by atoms with Crippen LogP contribution in [0.4, 0.5) is 0 Å². The van der Waals surface area contributed by atoms with Crippen LogP contribution < -0.4 is 10.4 Å². The maximum absolute atomic E-state index is 9.95. The number of hydrogen-bond acceptors (Lipinski definition) is 3. The summed E-state index contributed by atoms with van der Waals surface area (Å²) in [4.78, 5) is 0. The van der Waals surface area contributed by atoms with Gasteiger partial charge in [-0.2, -0.15) is 0 Å². The van der Waals surface area contributed by atoms with Gasteiger partial charge in [0, 0.05) is 13.0 Å². The Morgan fingerprint density at radius 2 is 1.66 bits per heavy atom. The zero-order valence-electron chi connectivity index (χ0n) is 19.5. The number of aliphatic hydroxyl groups is 1. The first kappa shape index (κ1) is 24.2. The summed E-state index contributed by atoms with van der Waals surface area (Å²) in [6.07, 6.45) is 9.34. The molecule has 0 radical (unpaired) electrons. The van der Waals surface area contributed by atoms with Crippen molar-refractivity contribution < 1.29 is 14.3 Å². The zero-order chi connectivity index (χ0) is 23.0. The standard InChI is InChI=1S/C28H36O3Si/c1-5-24-21-23(29)22-25(31-24)15-9-8-14-20-30-32(28(2,3)4,26-16-10-6-11-17-26)27-18-12-7-13-19-27/h5-7,9-13,15-19,21,23,25,29H,1,8,14,20,22H2,2-4H3/b15-9+/t23-,25-/m1/s1. The molecular formula is C28H36O3Si. The van der Waals surface area contributed by atoms with E-state index in [0.29, 0.717) is 18.8 Å². The quantitative estimate of drug-likeness (QED) is 0.329. The predicted octanol–water partition coefficient (Wildman–Crippen LogP) is 5.12. The van der Waals surface area contributed by atoms with Crippen LogP contribution in [0, 0.1) is 0 Å². The highest BCUT2D eigenvalue weighted by Gasteiger charge is 2.49. The summed E-state index contributed by atoms with van der Waals surface area (Å²) < 4.78 is 12.7. The monoisotopic (exact) mass is 448 g/mol. The molecule has 0 bridgehead atoms. The number of unbranched alkanes of at least 4 members (excludes halogenated alkanes) is 1. The SMILES string of the molecule is C=CC1=C[C@@H](O)C[C@@H](/C=C/CCCO[Si](c2ccccc2)(c2ccccc2)C(C)(C)C)O1. The van der Waals surface area contributed by atoms with Crippen molar-refractivity contribution in [3.05, 3.63) is 97.3 Å². The molecule has 1 heterocycles. The summed E-state index contributed by atoms with van der Waals surface area (Å²) in [5.74, 6) is 0.647. The first-order valence-corrected chi connectivity index (χ1v) is 13.4. The summed E-state index contributed by atoms with van der Waals surface area (Å²) in [5.41, 5.74) is 0. The van der Waals surface area contributed by atoms with Crippen molar-refractivity contribution in [3.63, 3.8) is 0 Å². The Labute approximate surface area is 194 Å². The summed E-state index contributed by atoms with van der Waals surface area (Å²) in [6, 6.07) is 21.5. The Hall–Kier alpha value is -2.40. The average molecular weight is 449 g/mol. The van der Waals surface area contributed by atoms with E-state index in [2.05, 4.69) is 94.1 Å². The number of ether oxygens (including phenoxy) is 1. The van der Waals surface area contributed by atoms with Gasteiger partial charge >= 0.3 is 0 Å². The summed E-state index contributed by atoms with van der Waals surface area (Å²) in [6.45, 7) is 11.3. The van der Waals surface area contributed by atoms with E-state index in [1.54, 1.807) is 12.2 Å². The molecule has 32 heavy (non-hydrogen) atoms. The fourth-order valence-electron chi connectivity index (χ4n) is 4.43. The van der Waals surface area contributed by atoms with Gasteiger partial charge in [0.15, 0.2) is 0 Å². The molecule has 0 spiro atoms. The molecule has 2 atom stereocenters. The van der Waals surface area contributed by atoms with Crippen LogP contribution in [0.25, 0.3) is 0 Å². The van der Waals surface area contributed by atoms with E-state index in [1.165, 1.54) is 10.4 Å². The molecule has 0 aromatic heterocycles. The lowest BCUT2D eigenvalue weighted by molar-refractivity contribution is 0.0784. The lowest BCUT2D eigenvalue weighted by atomic mass is 10.1. The van der Waals surface area contributed by atoms with Crippen LogP contribution >= 0.6 is 0 Å². The average Bonchev–Trinajstić information content (AvgIpc) is 2.78. The molecule has 0 unspecified atom stereocenters. The number of aliphatic hydroxyl groups excluding tert-OH is 1. The summed E-state index contributed by atoms with van der Waals surface area (Å²) >= 11 is 0. The van der Waals surface area contributed by atoms with Crippen molar-refractivity contribution in [1.82, 2.24) is 0 Å². The molecule has 0 saturated carbocycles. The zero-order valence-corrected chi connectivity index (χ0v) is 20.5. The highest BCUT2D eigenvalue weighted by Crippen LogP contribution is 2.36. The molecule has 0 fully saturated rings. The van der Waals surface area contributed by atoms with Gasteiger partial charge in [-0.15, -0.1) is 0 Å². The van der Waals surface area contributed by atoms with E-state index in [1.807, 2.05) is 6.08 Å². The minimum Gasteiger partial charge on any atom is -0.487 e. The molecule has 3 nitrogen and oxygen atoms in total. The van der Waals surface area contributed by atoms with Gasteiger partial charge in [0.25, 0.3) is 8.32 Å². The maximum atomic E-state index is 9.95. The Morgan fingerprint density at radius 3 is 2.19 bits per heavy atom. The second kappa shape index (κ2) is 11.0. The van der Waals surface area contributed by atoms with E-state index in [9.17, 15) is 5.11 Å². The molecule has 0 amide bonds. The van der Waals surface area contributed by atoms with Crippen LogP contribution in [-0.4, -0.2) is 32.2 Å². The first-order valence-electron chi connectivity index (χ1n) is 11.5. The second-order valence-electron chi connectivity index (χ2n) is 9.31. The highest BCUT2D eigenvalue weighted by atomic mass is 28.4. The first-order chi connectivity index (χ1) is 15.4. The van der Waals surface area contributed by atoms with E-state index < -0.39 is 14.4 Å². The topological polar surface area (TPSA) is 38.7 Å². The third kappa shape index (κ3) is 5.69. The Morgan fingerprint density at radius 1 is 1.06 bits per heavy atom. The molecular weight excluding hydrogens is 412 g/mol. The Kier molecular flexibility index (Phi) is 8.30. The normalized spacial score (nSPS) is 19.4. The minimum absolute atomic E-state index is 0.00888. The number of benzene rings is 2. The van der Waals surface area contributed by atoms with Gasteiger partial charge in [-0.25, -0.2) is 0 Å². The van der Waals surface area contributed by atoms with Crippen molar-refractivity contribution >= 4 is 18.7 Å². The van der Waals surface area contributed by atoms with E-state index in [0.717, 1.165) is 12.8 Å². The van der Waals surface area contributed by atoms with Crippen LogP contribution in [0.5, 0.6) is 0 Å². The van der Waals surface area contributed by atoms with E-state index in [-0.39, 0.29) is 11.1 Å². The van der Waals surface area contributed by atoms with Crippen LogP contribution in [0.15, 0.2) is 97.3 Å². The van der Waals surface area contributed by atoms with Gasteiger partial charge in [-0.3, -0.25) is 0 Å². The minimum atomic E-state index is -2.47. The maximum Gasteiger partial charge on any atom is 0.261 e. The summed E-state index contributed by atoms with van der Waals surface area (Å²) in [7, 11) is -2.47. The molecule has 1 aliphatic rings. The molecule has 0 saturated heterocycles. The molecule has 1 N–H and O–H groups in total. The molecule has 1 aliphatic heterocycles. The molecule has 2 aromatic carbocycles. The number of hydrogen-bond donors (Lipinski definition) is 1. The van der Waals surface area contributed by atoms with Gasteiger partial charge in [0.1, 0.15) is 11.9 Å². The van der Waals surface area contributed by atoms with Gasteiger partial charge < -0.3 is 14.3 Å². The lowest BCUT2D eigenvalue weighted by Crippen LogP contribution is -2.66. The van der Waals surface area contributed by atoms with Gasteiger partial charge in [0.05, 0.1) is 6.10 Å². The molecule has 2 aromatic rings. The lowest BCUT2D eigenvalue weighted by Gasteiger charge is -2.43. The molecule has 0 aliphatic carbocycles. The smallest absolute Gasteiger partial charge is 0.261 e. The molecule has 170 valence electrons.